The van der Waals surface area contributed by atoms with E-state index in [4.69, 9.17) is 10.8 Å². The van der Waals surface area contributed by atoms with Gasteiger partial charge >= 0.3 is 0 Å². The summed E-state index contributed by atoms with van der Waals surface area (Å²) in [6.07, 6.45) is 3.50. The Labute approximate surface area is 107 Å². The standard InChI is InChI=1S/C14H19N3O/c1-10(4-3-9-18)17-13-7-8-16-14-11(13)5-2-6-12(14)15/h2,5-8,10,18H,3-4,9,15H2,1H3,(H,16,17). The Balaban J connectivity index is 2.25. The second-order valence-corrected chi connectivity index (χ2v) is 4.51. The number of aliphatic hydroxyl groups is 1. The zero-order chi connectivity index (χ0) is 13.0. The van der Waals surface area contributed by atoms with E-state index in [2.05, 4.69) is 17.2 Å². The Bertz CT molecular complexity index is 527. The van der Waals surface area contributed by atoms with Gasteiger partial charge in [-0.05, 0) is 31.9 Å². The van der Waals surface area contributed by atoms with Gasteiger partial charge < -0.3 is 16.2 Å². The summed E-state index contributed by atoms with van der Waals surface area (Å²) in [5.74, 6) is 0. The number of nitrogens with zero attached hydrogens (tertiary/aromatic N) is 1. The number of hydrogen-bond acceptors (Lipinski definition) is 4. The first kappa shape index (κ1) is 12.6. The summed E-state index contributed by atoms with van der Waals surface area (Å²) in [7, 11) is 0. The molecule has 4 nitrogen and oxygen atoms in total. The molecule has 18 heavy (non-hydrogen) atoms. The van der Waals surface area contributed by atoms with Crippen LogP contribution < -0.4 is 11.1 Å². The molecule has 4 N–H and O–H groups in total. The lowest BCUT2D eigenvalue weighted by atomic mass is 10.1. The molecule has 96 valence electrons. The first-order valence-electron chi connectivity index (χ1n) is 6.23. The summed E-state index contributed by atoms with van der Waals surface area (Å²) >= 11 is 0. The second kappa shape index (κ2) is 5.69. The number of nitrogen functional groups attached to an aromatic ring is 1. The Hall–Kier alpha value is -1.81. The van der Waals surface area contributed by atoms with Gasteiger partial charge in [-0.15, -0.1) is 0 Å². The van der Waals surface area contributed by atoms with E-state index in [9.17, 15) is 0 Å². The topological polar surface area (TPSA) is 71.2 Å². The van der Waals surface area contributed by atoms with Crippen molar-refractivity contribution in [1.82, 2.24) is 4.98 Å². The molecule has 1 heterocycles. The van der Waals surface area contributed by atoms with Crippen LogP contribution in [-0.4, -0.2) is 22.7 Å². The van der Waals surface area contributed by atoms with E-state index >= 15 is 0 Å². The van der Waals surface area contributed by atoms with Gasteiger partial charge in [-0.3, -0.25) is 4.98 Å². The minimum Gasteiger partial charge on any atom is -0.397 e. The summed E-state index contributed by atoms with van der Waals surface area (Å²) in [6.45, 7) is 2.34. The van der Waals surface area contributed by atoms with Crippen LogP contribution in [0.15, 0.2) is 30.5 Å². The zero-order valence-corrected chi connectivity index (χ0v) is 10.6. The number of pyridine rings is 1. The summed E-state index contributed by atoms with van der Waals surface area (Å²) < 4.78 is 0. The number of hydrogen-bond donors (Lipinski definition) is 3. The van der Waals surface area contributed by atoms with Crippen LogP contribution in [0.4, 0.5) is 11.4 Å². The molecule has 0 saturated heterocycles. The SMILES string of the molecule is CC(CCCO)Nc1ccnc2c(N)cccc12. The number of anilines is 2. The van der Waals surface area contributed by atoms with E-state index in [1.165, 1.54) is 0 Å². The molecule has 0 saturated carbocycles. The van der Waals surface area contributed by atoms with Crippen molar-refractivity contribution in [2.75, 3.05) is 17.7 Å². The maximum atomic E-state index is 8.84. The van der Waals surface area contributed by atoms with Crippen molar-refractivity contribution >= 4 is 22.3 Å². The van der Waals surface area contributed by atoms with Gasteiger partial charge in [-0.2, -0.15) is 0 Å². The van der Waals surface area contributed by atoms with Crippen molar-refractivity contribution in [2.24, 2.45) is 0 Å². The molecule has 0 bridgehead atoms. The first-order chi connectivity index (χ1) is 8.72. The van der Waals surface area contributed by atoms with Gasteiger partial charge in [-0.25, -0.2) is 0 Å². The first-order valence-corrected chi connectivity index (χ1v) is 6.23. The third kappa shape index (κ3) is 2.71. The largest absolute Gasteiger partial charge is 0.397 e. The normalized spacial score (nSPS) is 12.6. The number of para-hydroxylation sites is 1. The lowest BCUT2D eigenvalue weighted by Gasteiger charge is -2.16. The van der Waals surface area contributed by atoms with E-state index < -0.39 is 0 Å². The third-order valence-corrected chi connectivity index (χ3v) is 3.00. The van der Waals surface area contributed by atoms with Gasteiger partial charge in [0, 0.05) is 29.9 Å². The van der Waals surface area contributed by atoms with Crippen molar-refractivity contribution in [3.8, 4) is 0 Å². The predicted octanol–water partition coefficient (Wildman–Crippen LogP) is 2.39. The fraction of sp³-hybridized carbons (Fsp3) is 0.357. The Kier molecular flexibility index (Phi) is 3.99. The van der Waals surface area contributed by atoms with Crippen LogP contribution in [0, 0.1) is 0 Å². The molecule has 0 radical (unpaired) electrons. The molecule has 0 aliphatic rings. The maximum Gasteiger partial charge on any atom is 0.0951 e. The fourth-order valence-corrected chi connectivity index (χ4v) is 2.06. The van der Waals surface area contributed by atoms with E-state index in [-0.39, 0.29) is 6.61 Å². The molecule has 0 aliphatic carbocycles. The monoisotopic (exact) mass is 245 g/mol. The quantitative estimate of drug-likeness (QED) is 0.707. The number of benzene rings is 1. The van der Waals surface area contributed by atoms with Crippen molar-refractivity contribution in [3.05, 3.63) is 30.5 Å². The minimum absolute atomic E-state index is 0.232. The smallest absolute Gasteiger partial charge is 0.0951 e. The molecule has 1 unspecified atom stereocenters. The predicted molar refractivity (Wildman–Crippen MR) is 75.6 cm³/mol. The Morgan fingerprint density at radius 1 is 1.39 bits per heavy atom. The lowest BCUT2D eigenvalue weighted by Crippen LogP contribution is -2.15. The van der Waals surface area contributed by atoms with E-state index in [1.807, 2.05) is 24.3 Å². The highest BCUT2D eigenvalue weighted by atomic mass is 16.2. The van der Waals surface area contributed by atoms with Crippen molar-refractivity contribution in [1.29, 1.82) is 0 Å². The summed E-state index contributed by atoms with van der Waals surface area (Å²) in [5, 5.41) is 13.3. The molecular weight excluding hydrogens is 226 g/mol. The molecule has 1 atom stereocenters. The molecule has 0 fully saturated rings. The van der Waals surface area contributed by atoms with Crippen LogP contribution in [0.1, 0.15) is 19.8 Å². The Morgan fingerprint density at radius 3 is 3.00 bits per heavy atom. The molecule has 2 aromatic rings. The van der Waals surface area contributed by atoms with E-state index in [1.54, 1.807) is 6.20 Å². The Morgan fingerprint density at radius 2 is 2.22 bits per heavy atom. The third-order valence-electron chi connectivity index (χ3n) is 3.00. The van der Waals surface area contributed by atoms with Crippen molar-refractivity contribution < 1.29 is 5.11 Å². The number of fused-ring (bicyclic) bond motifs is 1. The lowest BCUT2D eigenvalue weighted by molar-refractivity contribution is 0.282. The highest BCUT2D eigenvalue weighted by Gasteiger charge is 2.07. The molecular formula is C14H19N3O. The van der Waals surface area contributed by atoms with Gasteiger partial charge in [0.2, 0.25) is 0 Å². The summed E-state index contributed by atoms with van der Waals surface area (Å²) in [6, 6.07) is 8.07. The highest BCUT2D eigenvalue weighted by molar-refractivity contribution is 5.97. The second-order valence-electron chi connectivity index (χ2n) is 4.51. The molecule has 2 rings (SSSR count). The van der Waals surface area contributed by atoms with Crippen LogP contribution in [-0.2, 0) is 0 Å². The van der Waals surface area contributed by atoms with E-state index in [0.717, 1.165) is 29.4 Å². The van der Waals surface area contributed by atoms with Gasteiger partial charge in [0.1, 0.15) is 0 Å². The van der Waals surface area contributed by atoms with Crippen molar-refractivity contribution in [2.45, 2.75) is 25.8 Å². The molecule has 4 heteroatoms. The van der Waals surface area contributed by atoms with Gasteiger partial charge in [0.15, 0.2) is 0 Å². The molecule has 1 aromatic heterocycles. The molecule has 1 aromatic carbocycles. The van der Waals surface area contributed by atoms with Gasteiger partial charge in [-0.1, -0.05) is 12.1 Å². The summed E-state index contributed by atoms with van der Waals surface area (Å²) in [5.41, 5.74) is 8.48. The molecule has 0 aliphatic heterocycles. The number of rotatable bonds is 5. The van der Waals surface area contributed by atoms with Crippen LogP contribution in [0.25, 0.3) is 10.9 Å². The number of aliphatic hydroxyl groups excluding tert-OH is 1. The van der Waals surface area contributed by atoms with E-state index in [0.29, 0.717) is 11.7 Å². The number of nitrogens with one attached hydrogen (secondary N) is 1. The van der Waals surface area contributed by atoms with Crippen LogP contribution in [0.5, 0.6) is 0 Å². The fourth-order valence-electron chi connectivity index (χ4n) is 2.06. The van der Waals surface area contributed by atoms with Gasteiger partial charge in [0.25, 0.3) is 0 Å². The number of aromatic nitrogens is 1. The van der Waals surface area contributed by atoms with Crippen LogP contribution in [0.3, 0.4) is 0 Å². The minimum atomic E-state index is 0.232. The molecule has 0 spiro atoms. The zero-order valence-electron chi connectivity index (χ0n) is 10.6. The molecule has 0 amide bonds. The number of nitrogens with two attached hydrogens (primary N) is 1. The average Bonchev–Trinajstić information content (AvgIpc) is 2.38. The average molecular weight is 245 g/mol. The maximum absolute atomic E-state index is 8.84. The highest BCUT2D eigenvalue weighted by Crippen LogP contribution is 2.26. The van der Waals surface area contributed by atoms with Crippen LogP contribution in [0.2, 0.25) is 0 Å². The van der Waals surface area contributed by atoms with Crippen LogP contribution >= 0.6 is 0 Å². The van der Waals surface area contributed by atoms with Gasteiger partial charge in [0.05, 0.1) is 11.2 Å². The van der Waals surface area contributed by atoms with Crippen molar-refractivity contribution in [3.63, 3.8) is 0 Å². The summed E-state index contributed by atoms with van der Waals surface area (Å²) in [4.78, 5) is 4.31.